The van der Waals surface area contributed by atoms with Crippen molar-refractivity contribution in [1.29, 1.82) is 0 Å². The molecular weight excluding hydrogens is 191 g/mol. The fourth-order valence-electron chi connectivity index (χ4n) is 1.10. The van der Waals surface area contributed by atoms with Gasteiger partial charge >= 0.3 is 35.5 Å². The molecule has 0 aliphatic rings. The topological polar surface area (TPSA) is 46.5 Å². The van der Waals surface area contributed by atoms with Crippen LogP contribution in [0.3, 0.4) is 0 Å². The average molecular weight is 212 g/mol. The second-order valence-corrected chi connectivity index (χ2v) is 3.31. The van der Waals surface area contributed by atoms with Crippen LogP contribution >= 0.6 is 0 Å². The maximum absolute atomic E-state index is 10.4. The van der Waals surface area contributed by atoms with Crippen molar-refractivity contribution >= 4 is 35.5 Å². The van der Waals surface area contributed by atoms with Gasteiger partial charge in [0.25, 0.3) is 0 Å². The zero-order chi connectivity index (χ0) is 10.1. The predicted octanol–water partition coefficient (Wildman–Crippen LogP) is 1.23. The van der Waals surface area contributed by atoms with E-state index < -0.39 is 6.10 Å². The molecule has 14 heavy (non-hydrogen) atoms. The third-order valence-corrected chi connectivity index (χ3v) is 1.87. The van der Waals surface area contributed by atoms with Gasteiger partial charge < -0.3 is 9.84 Å². The molecule has 0 aliphatic carbocycles. The molecular formula is C10H21NaO3. The molecule has 0 rings (SSSR count). The summed E-state index contributed by atoms with van der Waals surface area (Å²) in [5, 5.41) is 9.32. The standard InChI is InChI=1S/C10H20O3.Na.H/c1-3-4-5-6-7-10(12)8-13-9(2)11;;/h10,12H,3-8H2,1-2H3;;. The van der Waals surface area contributed by atoms with Crippen molar-refractivity contribution in [2.75, 3.05) is 6.61 Å². The average Bonchev–Trinajstić information content (AvgIpc) is 2.09. The SMILES string of the molecule is CCCCCCC(O)COC(C)=O.[NaH]. The summed E-state index contributed by atoms with van der Waals surface area (Å²) in [6.45, 7) is 3.64. The second kappa shape index (κ2) is 11.5. The molecule has 1 unspecified atom stereocenters. The fourth-order valence-corrected chi connectivity index (χ4v) is 1.10. The molecule has 0 aromatic rings. The normalized spacial score (nSPS) is 11.6. The number of hydrogen-bond acceptors (Lipinski definition) is 3. The van der Waals surface area contributed by atoms with Gasteiger partial charge in [0.1, 0.15) is 6.61 Å². The van der Waals surface area contributed by atoms with Gasteiger partial charge in [-0.25, -0.2) is 0 Å². The quantitative estimate of drug-likeness (QED) is 0.392. The molecule has 1 N–H and O–H groups in total. The van der Waals surface area contributed by atoms with Gasteiger partial charge in [-0.15, -0.1) is 0 Å². The molecule has 0 aromatic heterocycles. The van der Waals surface area contributed by atoms with Crippen LogP contribution in [0.25, 0.3) is 0 Å². The number of unbranched alkanes of at least 4 members (excludes halogenated alkanes) is 3. The first-order chi connectivity index (χ1) is 6.16. The molecule has 0 saturated carbocycles. The van der Waals surface area contributed by atoms with Gasteiger partial charge in [0.15, 0.2) is 0 Å². The minimum absolute atomic E-state index is 0. The van der Waals surface area contributed by atoms with Crippen molar-refractivity contribution in [3.63, 3.8) is 0 Å². The Kier molecular flexibility index (Phi) is 13.8. The number of aliphatic hydroxyl groups excluding tert-OH is 1. The van der Waals surface area contributed by atoms with Crippen LogP contribution in [0.2, 0.25) is 0 Å². The van der Waals surface area contributed by atoms with Gasteiger partial charge in [0.05, 0.1) is 6.10 Å². The first-order valence-corrected chi connectivity index (χ1v) is 4.98. The van der Waals surface area contributed by atoms with E-state index in [1.165, 1.54) is 19.8 Å². The number of rotatable bonds is 7. The summed E-state index contributed by atoms with van der Waals surface area (Å²) in [7, 11) is 0. The minimum atomic E-state index is -0.485. The zero-order valence-corrected chi connectivity index (χ0v) is 8.58. The molecule has 0 saturated heterocycles. The van der Waals surface area contributed by atoms with Crippen molar-refractivity contribution in [2.24, 2.45) is 0 Å². The van der Waals surface area contributed by atoms with Gasteiger partial charge in [-0.05, 0) is 6.42 Å². The van der Waals surface area contributed by atoms with Gasteiger partial charge in [-0.1, -0.05) is 32.6 Å². The maximum atomic E-state index is 10.4. The number of carbonyl (C=O) groups is 1. The summed E-state index contributed by atoms with van der Waals surface area (Å²) < 4.78 is 4.67. The van der Waals surface area contributed by atoms with Crippen LogP contribution in [0, 0.1) is 0 Å². The van der Waals surface area contributed by atoms with E-state index >= 15 is 0 Å². The van der Waals surface area contributed by atoms with Gasteiger partial charge in [0.2, 0.25) is 0 Å². The molecule has 0 fully saturated rings. The summed E-state index contributed by atoms with van der Waals surface area (Å²) in [5.74, 6) is -0.326. The van der Waals surface area contributed by atoms with Gasteiger partial charge in [-0.3, -0.25) is 4.79 Å². The third kappa shape index (κ3) is 12.4. The van der Waals surface area contributed by atoms with E-state index in [0.717, 1.165) is 19.3 Å². The number of carbonyl (C=O) groups excluding carboxylic acids is 1. The molecule has 0 aliphatic heterocycles. The number of ether oxygens (including phenoxy) is 1. The molecule has 1 atom stereocenters. The Hall–Kier alpha value is 0.430. The summed E-state index contributed by atoms with van der Waals surface area (Å²) >= 11 is 0. The van der Waals surface area contributed by atoms with Gasteiger partial charge in [0, 0.05) is 6.92 Å². The van der Waals surface area contributed by atoms with Crippen LogP contribution < -0.4 is 0 Å². The van der Waals surface area contributed by atoms with E-state index in [4.69, 9.17) is 0 Å². The van der Waals surface area contributed by atoms with E-state index in [9.17, 15) is 9.90 Å². The molecule has 3 nitrogen and oxygen atoms in total. The molecule has 0 amide bonds. The van der Waals surface area contributed by atoms with E-state index in [1.54, 1.807) is 0 Å². The van der Waals surface area contributed by atoms with Crippen molar-refractivity contribution in [3.05, 3.63) is 0 Å². The molecule has 80 valence electrons. The van der Waals surface area contributed by atoms with Crippen LogP contribution in [0.4, 0.5) is 0 Å². The van der Waals surface area contributed by atoms with E-state index in [-0.39, 0.29) is 42.1 Å². The van der Waals surface area contributed by atoms with E-state index in [2.05, 4.69) is 11.7 Å². The molecule has 0 spiro atoms. The molecule has 0 bridgehead atoms. The van der Waals surface area contributed by atoms with Crippen molar-refractivity contribution in [2.45, 2.75) is 52.1 Å². The van der Waals surface area contributed by atoms with E-state index in [0.29, 0.717) is 0 Å². The van der Waals surface area contributed by atoms with Crippen molar-refractivity contribution in [3.8, 4) is 0 Å². The van der Waals surface area contributed by atoms with Crippen molar-refractivity contribution in [1.82, 2.24) is 0 Å². The van der Waals surface area contributed by atoms with Crippen LogP contribution in [-0.2, 0) is 9.53 Å². The molecule has 0 radical (unpaired) electrons. The third-order valence-electron chi connectivity index (χ3n) is 1.87. The summed E-state index contributed by atoms with van der Waals surface area (Å²) in [5.41, 5.74) is 0. The zero-order valence-electron chi connectivity index (χ0n) is 8.58. The van der Waals surface area contributed by atoms with Crippen LogP contribution in [0.1, 0.15) is 46.0 Å². The fraction of sp³-hybridized carbons (Fsp3) is 0.900. The van der Waals surface area contributed by atoms with Crippen LogP contribution in [0.5, 0.6) is 0 Å². The molecule has 0 heterocycles. The Balaban J connectivity index is 0. The monoisotopic (exact) mass is 212 g/mol. The Morgan fingerprint density at radius 3 is 2.50 bits per heavy atom. The number of esters is 1. The molecule has 4 heteroatoms. The first kappa shape index (κ1) is 16.8. The Morgan fingerprint density at radius 2 is 2.00 bits per heavy atom. The number of aliphatic hydroxyl groups is 1. The Bertz CT molecular complexity index is 139. The van der Waals surface area contributed by atoms with Crippen LogP contribution in [-0.4, -0.2) is 53.3 Å². The second-order valence-electron chi connectivity index (χ2n) is 3.31. The van der Waals surface area contributed by atoms with E-state index in [1.807, 2.05) is 0 Å². The Labute approximate surface area is 109 Å². The summed E-state index contributed by atoms with van der Waals surface area (Å²) in [4.78, 5) is 10.4. The van der Waals surface area contributed by atoms with Gasteiger partial charge in [-0.2, -0.15) is 0 Å². The van der Waals surface area contributed by atoms with Crippen molar-refractivity contribution < 1.29 is 14.6 Å². The summed E-state index contributed by atoms with van der Waals surface area (Å²) in [6, 6.07) is 0. The molecule has 0 aromatic carbocycles. The first-order valence-electron chi connectivity index (χ1n) is 4.98. The predicted molar refractivity (Wildman–Crippen MR) is 58.5 cm³/mol. The summed E-state index contributed by atoms with van der Waals surface area (Å²) in [6.07, 6.45) is 4.80. The Morgan fingerprint density at radius 1 is 1.36 bits per heavy atom. The number of hydrogen-bond donors (Lipinski definition) is 1. The van der Waals surface area contributed by atoms with Crippen LogP contribution in [0.15, 0.2) is 0 Å².